The molecular formula is C25H25NO2S. The lowest BCUT2D eigenvalue weighted by Gasteiger charge is -2.34. The fourth-order valence-electron chi connectivity index (χ4n) is 3.59. The maximum Gasteiger partial charge on any atom is 0.122 e. The van der Waals surface area contributed by atoms with Gasteiger partial charge in [0.25, 0.3) is 0 Å². The molecule has 3 aromatic carbocycles. The highest BCUT2D eigenvalue weighted by molar-refractivity contribution is 7.99. The molecule has 0 amide bonds. The Bertz CT molecular complexity index is 972. The number of anilines is 2. The standard InChI is InChI=1S/C25H25NO2S/c1-3-8-19-15-18(2)13-14-23(19)28-17-20(27)16-26-21-9-4-6-11-24(21)29-25-12-7-5-10-22(25)26/h3-7,9-15,20,27H,1,8,16-17H2,2H3. The number of β-amino-alcohol motifs (C(OH)–C–C–N with tert-alkyl or cyclic N) is 1. The number of benzene rings is 3. The molecule has 29 heavy (non-hydrogen) atoms. The highest BCUT2D eigenvalue weighted by Crippen LogP contribution is 2.47. The molecule has 3 nitrogen and oxygen atoms in total. The van der Waals surface area contributed by atoms with Gasteiger partial charge in [0.05, 0.1) is 17.9 Å². The summed E-state index contributed by atoms with van der Waals surface area (Å²) in [5.74, 6) is 0.810. The first-order chi connectivity index (χ1) is 14.2. The Hall–Kier alpha value is -2.69. The van der Waals surface area contributed by atoms with E-state index < -0.39 is 6.10 Å². The number of allylic oxidation sites excluding steroid dienone is 1. The zero-order valence-electron chi connectivity index (χ0n) is 16.5. The lowest BCUT2D eigenvalue weighted by Crippen LogP contribution is -2.34. The van der Waals surface area contributed by atoms with Crippen molar-refractivity contribution in [3.05, 3.63) is 90.5 Å². The summed E-state index contributed by atoms with van der Waals surface area (Å²) in [5, 5.41) is 10.8. The Morgan fingerprint density at radius 3 is 2.34 bits per heavy atom. The van der Waals surface area contributed by atoms with E-state index in [9.17, 15) is 5.11 Å². The normalized spacial score (nSPS) is 13.4. The molecule has 1 N–H and O–H groups in total. The minimum absolute atomic E-state index is 0.237. The fraction of sp³-hybridized carbons (Fsp3) is 0.200. The Morgan fingerprint density at radius 1 is 1.03 bits per heavy atom. The van der Waals surface area contributed by atoms with Crippen molar-refractivity contribution in [3.63, 3.8) is 0 Å². The van der Waals surface area contributed by atoms with Crippen molar-refractivity contribution in [3.8, 4) is 5.75 Å². The zero-order chi connectivity index (χ0) is 20.2. The number of aliphatic hydroxyl groups excluding tert-OH is 1. The van der Waals surface area contributed by atoms with Gasteiger partial charge in [-0.05, 0) is 49.2 Å². The molecule has 4 rings (SSSR count). The van der Waals surface area contributed by atoms with Crippen LogP contribution >= 0.6 is 11.8 Å². The molecule has 0 spiro atoms. The van der Waals surface area contributed by atoms with Crippen molar-refractivity contribution in [1.82, 2.24) is 0 Å². The van der Waals surface area contributed by atoms with Gasteiger partial charge >= 0.3 is 0 Å². The van der Waals surface area contributed by atoms with Crippen LogP contribution in [0.25, 0.3) is 0 Å². The highest BCUT2D eigenvalue weighted by Gasteiger charge is 2.24. The van der Waals surface area contributed by atoms with Crippen molar-refractivity contribution < 1.29 is 9.84 Å². The van der Waals surface area contributed by atoms with Gasteiger partial charge in [-0.2, -0.15) is 0 Å². The van der Waals surface area contributed by atoms with Crippen LogP contribution in [0, 0.1) is 6.92 Å². The van der Waals surface area contributed by atoms with Gasteiger partial charge in [-0.1, -0.05) is 59.8 Å². The van der Waals surface area contributed by atoms with E-state index >= 15 is 0 Å². The summed E-state index contributed by atoms with van der Waals surface area (Å²) in [4.78, 5) is 4.59. The van der Waals surface area contributed by atoms with Crippen molar-refractivity contribution in [2.24, 2.45) is 0 Å². The summed E-state index contributed by atoms with van der Waals surface area (Å²) in [6.45, 7) is 6.60. The molecule has 0 fully saturated rings. The predicted molar refractivity (Wildman–Crippen MR) is 121 cm³/mol. The zero-order valence-corrected chi connectivity index (χ0v) is 17.4. The van der Waals surface area contributed by atoms with E-state index in [1.54, 1.807) is 11.8 Å². The van der Waals surface area contributed by atoms with E-state index in [-0.39, 0.29) is 6.61 Å². The van der Waals surface area contributed by atoms with Crippen LogP contribution in [0.2, 0.25) is 0 Å². The summed E-state index contributed by atoms with van der Waals surface area (Å²) in [5.41, 5.74) is 4.53. The number of ether oxygens (including phenoxy) is 1. The second-order valence-electron chi connectivity index (χ2n) is 7.22. The lowest BCUT2D eigenvalue weighted by molar-refractivity contribution is 0.113. The Morgan fingerprint density at radius 2 is 1.69 bits per heavy atom. The SMILES string of the molecule is C=CCc1cc(C)ccc1OCC(O)CN1c2ccccc2Sc2ccccc21. The molecule has 1 aliphatic heterocycles. The van der Waals surface area contributed by atoms with Crippen LogP contribution in [0.15, 0.2) is 89.2 Å². The maximum atomic E-state index is 10.8. The number of hydrogen-bond acceptors (Lipinski definition) is 4. The molecule has 1 atom stereocenters. The minimum atomic E-state index is -0.628. The van der Waals surface area contributed by atoms with Crippen molar-refractivity contribution in [2.45, 2.75) is 29.2 Å². The first kappa shape index (κ1) is 19.6. The number of hydrogen-bond donors (Lipinski definition) is 1. The molecule has 1 aliphatic rings. The first-order valence-electron chi connectivity index (χ1n) is 9.80. The molecule has 4 heteroatoms. The first-order valence-corrected chi connectivity index (χ1v) is 10.6. The monoisotopic (exact) mass is 403 g/mol. The third-order valence-electron chi connectivity index (χ3n) is 4.94. The third-order valence-corrected chi connectivity index (χ3v) is 6.07. The second kappa shape index (κ2) is 8.76. The quantitative estimate of drug-likeness (QED) is 0.508. The van der Waals surface area contributed by atoms with Crippen LogP contribution in [0.4, 0.5) is 11.4 Å². The Labute approximate surface area is 176 Å². The van der Waals surface area contributed by atoms with Crippen LogP contribution in [0.3, 0.4) is 0 Å². The van der Waals surface area contributed by atoms with Crippen LogP contribution < -0.4 is 9.64 Å². The van der Waals surface area contributed by atoms with E-state index in [1.165, 1.54) is 15.4 Å². The number of nitrogens with zero attached hydrogens (tertiary/aromatic N) is 1. The van der Waals surface area contributed by atoms with E-state index in [4.69, 9.17) is 4.74 Å². The third kappa shape index (κ3) is 4.34. The summed E-state index contributed by atoms with van der Waals surface area (Å²) in [6.07, 6.45) is 1.99. The molecule has 3 aromatic rings. The summed E-state index contributed by atoms with van der Waals surface area (Å²) in [6, 6.07) is 22.8. The van der Waals surface area contributed by atoms with Crippen LogP contribution in [-0.4, -0.2) is 24.4 Å². The van der Waals surface area contributed by atoms with Crippen molar-refractivity contribution in [1.29, 1.82) is 0 Å². The number of para-hydroxylation sites is 2. The van der Waals surface area contributed by atoms with E-state index in [2.05, 4.69) is 60.9 Å². The number of fused-ring (bicyclic) bond motifs is 2. The van der Waals surface area contributed by atoms with Crippen LogP contribution in [-0.2, 0) is 6.42 Å². The molecule has 0 bridgehead atoms. The highest BCUT2D eigenvalue weighted by atomic mass is 32.2. The molecule has 0 saturated carbocycles. The smallest absolute Gasteiger partial charge is 0.122 e. The molecule has 0 aromatic heterocycles. The van der Waals surface area contributed by atoms with Gasteiger partial charge in [-0.3, -0.25) is 0 Å². The number of aryl methyl sites for hydroxylation is 1. The van der Waals surface area contributed by atoms with E-state index in [0.717, 1.165) is 29.1 Å². The average Bonchev–Trinajstić information content (AvgIpc) is 2.73. The van der Waals surface area contributed by atoms with Gasteiger partial charge in [0.15, 0.2) is 0 Å². The molecular weight excluding hydrogens is 378 g/mol. The minimum Gasteiger partial charge on any atom is -0.491 e. The maximum absolute atomic E-state index is 10.8. The number of aliphatic hydroxyl groups is 1. The summed E-state index contributed by atoms with van der Waals surface area (Å²) in [7, 11) is 0. The molecule has 0 saturated heterocycles. The predicted octanol–water partition coefficient (Wildman–Crippen LogP) is 5.77. The van der Waals surface area contributed by atoms with Crippen LogP contribution in [0.1, 0.15) is 11.1 Å². The average molecular weight is 404 g/mol. The van der Waals surface area contributed by atoms with E-state index in [1.807, 2.05) is 30.3 Å². The van der Waals surface area contributed by atoms with Gasteiger partial charge in [-0.25, -0.2) is 0 Å². The van der Waals surface area contributed by atoms with Gasteiger partial charge in [0, 0.05) is 9.79 Å². The van der Waals surface area contributed by atoms with Crippen molar-refractivity contribution >= 4 is 23.1 Å². The van der Waals surface area contributed by atoms with Crippen molar-refractivity contribution in [2.75, 3.05) is 18.1 Å². The largest absolute Gasteiger partial charge is 0.491 e. The van der Waals surface area contributed by atoms with Crippen LogP contribution in [0.5, 0.6) is 5.75 Å². The topological polar surface area (TPSA) is 32.7 Å². The molecule has 1 unspecified atom stereocenters. The van der Waals surface area contributed by atoms with Gasteiger partial charge in [0.2, 0.25) is 0 Å². The molecule has 0 radical (unpaired) electrons. The summed E-state index contributed by atoms with van der Waals surface area (Å²) >= 11 is 1.77. The lowest BCUT2D eigenvalue weighted by atomic mass is 10.1. The molecule has 0 aliphatic carbocycles. The fourth-order valence-corrected chi connectivity index (χ4v) is 4.69. The van der Waals surface area contributed by atoms with Gasteiger partial charge in [0.1, 0.15) is 18.5 Å². The van der Waals surface area contributed by atoms with E-state index in [0.29, 0.717) is 6.54 Å². The number of rotatable bonds is 7. The summed E-state index contributed by atoms with van der Waals surface area (Å²) < 4.78 is 5.99. The van der Waals surface area contributed by atoms with Gasteiger partial charge in [-0.15, -0.1) is 6.58 Å². The Kier molecular flexibility index (Phi) is 5.93. The molecule has 1 heterocycles. The second-order valence-corrected chi connectivity index (χ2v) is 8.30. The Balaban J connectivity index is 1.51. The molecule has 148 valence electrons. The van der Waals surface area contributed by atoms with Gasteiger partial charge < -0.3 is 14.7 Å².